The van der Waals surface area contributed by atoms with Gasteiger partial charge < -0.3 is 14.4 Å². The number of ether oxygens (including phenoxy) is 2. The van der Waals surface area contributed by atoms with Crippen molar-refractivity contribution in [1.82, 2.24) is 4.90 Å². The number of benzene rings is 1. The first-order valence-corrected chi connectivity index (χ1v) is 6.25. The Morgan fingerprint density at radius 2 is 1.84 bits per heavy atom. The fourth-order valence-electron chi connectivity index (χ4n) is 1.61. The van der Waals surface area contributed by atoms with E-state index >= 15 is 0 Å². The van der Waals surface area contributed by atoms with Crippen LogP contribution in [0.25, 0.3) is 0 Å². The van der Waals surface area contributed by atoms with Crippen LogP contribution in [0.2, 0.25) is 0 Å². The van der Waals surface area contributed by atoms with Gasteiger partial charge >= 0.3 is 0 Å². The molecule has 1 aromatic rings. The Kier molecular flexibility index (Phi) is 5.93. The second-order valence-corrected chi connectivity index (χ2v) is 4.33. The molecule has 0 atom stereocenters. The Bertz CT molecular complexity index is 426. The number of nitrogens with zero attached hydrogens (tertiary/aromatic N) is 1. The number of hydrogen-bond donors (Lipinski definition) is 0. The Labute approximate surface area is 114 Å². The summed E-state index contributed by atoms with van der Waals surface area (Å²) in [5, 5.41) is 0. The molecule has 0 aliphatic heterocycles. The highest BCUT2D eigenvalue weighted by Gasteiger charge is 2.12. The molecule has 4 nitrogen and oxygen atoms in total. The molecule has 0 N–H and O–H groups in total. The van der Waals surface area contributed by atoms with Gasteiger partial charge in [-0.3, -0.25) is 4.79 Å². The predicted molar refractivity (Wildman–Crippen MR) is 75.6 cm³/mol. The van der Waals surface area contributed by atoms with Crippen molar-refractivity contribution in [2.45, 2.75) is 13.8 Å². The molecule has 0 spiro atoms. The van der Waals surface area contributed by atoms with Crippen molar-refractivity contribution in [2.24, 2.45) is 0 Å². The van der Waals surface area contributed by atoms with E-state index in [-0.39, 0.29) is 12.5 Å². The summed E-state index contributed by atoms with van der Waals surface area (Å²) in [4.78, 5) is 13.7. The Hall–Kier alpha value is -1.97. The monoisotopic (exact) mass is 263 g/mol. The van der Waals surface area contributed by atoms with Crippen molar-refractivity contribution in [3.8, 4) is 11.5 Å². The normalized spacial score (nSPS) is 9.84. The van der Waals surface area contributed by atoms with E-state index in [1.807, 2.05) is 13.8 Å². The molecule has 1 rings (SSSR count). The van der Waals surface area contributed by atoms with E-state index < -0.39 is 0 Å². The van der Waals surface area contributed by atoms with Gasteiger partial charge in [0.05, 0.1) is 7.11 Å². The van der Waals surface area contributed by atoms with Crippen LogP contribution in [0.1, 0.15) is 13.8 Å². The lowest BCUT2D eigenvalue weighted by Crippen LogP contribution is -2.35. The van der Waals surface area contributed by atoms with Gasteiger partial charge in [-0.25, -0.2) is 0 Å². The van der Waals surface area contributed by atoms with E-state index in [2.05, 4.69) is 6.58 Å². The van der Waals surface area contributed by atoms with Crippen molar-refractivity contribution >= 4 is 5.91 Å². The minimum absolute atomic E-state index is 0.0352. The first-order chi connectivity index (χ1) is 9.06. The number of carbonyl (C=O) groups is 1. The zero-order valence-electron chi connectivity index (χ0n) is 11.8. The lowest BCUT2D eigenvalue weighted by atomic mass is 10.3. The SMILES string of the molecule is C=C(C)CN(CC)C(=O)COc1ccc(OC)cc1. The van der Waals surface area contributed by atoms with Crippen LogP contribution in [0.5, 0.6) is 11.5 Å². The maximum Gasteiger partial charge on any atom is 0.260 e. The Morgan fingerprint density at radius 3 is 2.32 bits per heavy atom. The lowest BCUT2D eigenvalue weighted by Gasteiger charge is -2.21. The molecule has 0 fully saturated rings. The molecule has 19 heavy (non-hydrogen) atoms. The summed E-state index contributed by atoms with van der Waals surface area (Å²) in [5.74, 6) is 1.37. The molecule has 0 heterocycles. The smallest absolute Gasteiger partial charge is 0.260 e. The van der Waals surface area contributed by atoms with Crippen molar-refractivity contribution in [3.63, 3.8) is 0 Å². The van der Waals surface area contributed by atoms with Gasteiger partial charge in [-0.05, 0) is 38.1 Å². The highest BCUT2D eigenvalue weighted by atomic mass is 16.5. The number of amides is 1. The average molecular weight is 263 g/mol. The fourth-order valence-corrected chi connectivity index (χ4v) is 1.61. The third-order valence-corrected chi connectivity index (χ3v) is 2.62. The minimum atomic E-state index is -0.0404. The second-order valence-electron chi connectivity index (χ2n) is 4.33. The molecule has 4 heteroatoms. The summed E-state index contributed by atoms with van der Waals surface area (Å²) >= 11 is 0. The van der Waals surface area contributed by atoms with Crippen LogP contribution in [-0.4, -0.2) is 37.6 Å². The molecule has 0 saturated heterocycles. The molecule has 0 aromatic heterocycles. The van der Waals surface area contributed by atoms with Gasteiger partial charge in [-0.15, -0.1) is 0 Å². The fraction of sp³-hybridized carbons (Fsp3) is 0.400. The molecule has 0 radical (unpaired) electrons. The number of carbonyl (C=O) groups excluding carboxylic acids is 1. The third kappa shape index (κ3) is 5.04. The van der Waals surface area contributed by atoms with Gasteiger partial charge in [0.25, 0.3) is 5.91 Å². The van der Waals surface area contributed by atoms with Gasteiger partial charge in [0.1, 0.15) is 11.5 Å². The van der Waals surface area contributed by atoms with Gasteiger partial charge in [-0.2, -0.15) is 0 Å². The quantitative estimate of drug-likeness (QED) is 0.709. The minimum Gasteiger partial charge on any atom is -0.497 e. The molecule has 0 saturated carbocycles. The van der Waals surface area contributed by atoms with Crippen LogP contribution in [0.4, 0.5) is 0 Å². The van der Waals surface area contributed by atoms with Gasteiger partial charge in [-0.1, -0.05) is 12.2 Å². The highest BCUT2D eigenvalue weighted by molar-refractivity contribution is 5.78. The van der Waals surface area contributed by atoms with E-state index in [0.29, 0.717) is 18.8 Å². The van der Waals surface area contributed by atoms with E-state index in [9.17, 15) is 4.79 Å². The highest BCUT2D eigenvalue weighted by Crippen LogP contribution is 2.16. The van der Waals surface area contributed by atoms with Crippen molar-refractivity contribution in [3.05, 3.63) is 36.4 Å². The first kappa shape index (κ1) is 15.1. The summed E-state index contributed by atoms with van der Waals surface area (Å²) in [5.41, 5.74) is 0.958. The van der Waals surface area contributed by atoms with Gasteiger partial charge in [0.2, 0.25) is 0 Å². The zero-order valence-corrected chi connectivity index (χ0v) is 11.8. The van der Waals surface area contributed by atoms with Gasteiger partial charge in [0.15, 0.2) is 6.61 Å². The van der Waals surface area contributed by atoms with Crippen molar-refractivity contribution in [1.29, 1.82) is 0 Å². The van der Waals surface area contributed by atoms with Crippen LogP contribution in [-0.2, 0) is 4.79 Å². The molecule has 0 aliphatic rings. The lowest BCUT2D eigenvalue weighted by molar-refractivity contribution is -0.132. The Morgan fingerprint density at radius 1 is 1.26 bits per heavy atom. The maximum atomic E-state index is 11.9. The molecule has 0 aliphatic carbocycles. The molecular weight excluding hydrogens is 242 g/mol. The number of likely N-dealkylation sites (N-methyl/N-ethyl adjacent to an activating group) is 1. The maximum absolute atomic E-state index is 11.9. The van der Waals surface area contributed by atoms with Crippen molar-refractivity contribution in [2.75, 3.05) is 26.8 Å². The summed E-state index contributed by atoms with van der Waals surface area (Å²) in [7, 11) is 1.61. The molecule has 1 aromatic carbocycles. The van der Waals surface area contributed by atoms with Crippen LogP contribution in [0.15, 0.2) is 36.4 Å². The van der Waals surface area contributed by atoms with Crippen LogP contribution in [0.3, 0.4) is 0 Å². The molecular formula is C15H21NO3. The summed E-state index contributed by atoms with van der Waals surface area (Å²) in [6, 6.07) is 7.15. The zero-order chi connectivity index (χ0) is 14.3. The van der Waals surface area contributed by atoms with E-state index in [4.69, 9.17) is 9.47 Å². The van der Waals surface area contributed by atoms with Crippen LogP contribution in [0, 0.1) is 0 Å². The number of rotatable bonds is 7. The third-order valence-electron chi connectivity index (χ3n) is 2.62. The predicted octanol–water partition coefficient (Wildman–Crippen LogP) is 2.50. The molecule has 0 bridgehead atoms. The number of hydrogen-bond acceptors (Lipinski definition) is 3. The van der Waals surface area contributed by atoms with Crippen LogP contribution >= 0.6 is 0 Å². The standard InChI is InChI=1S/C15H21NO3/c1-5-16(10-12(2)3)15(17)11-19-14-8-6-13(18-4)7-9-14/h6-9H,2,5,10-11H2,1,3-4H3. The van der Waals surface area contributed by atoms with Gasteiger partial charge in [0, 0.05) is 13.1 Å². The molecule has 0 unspecified atom stereocenters. The largest absolute Gasteiger partial charge is 0.497 e. The molecule has 1 amide bonds. The van der Waals surface area contributed by atoms with E-state index in [0.717, 1.165) is 11.3 Å². The van der Waals surface area contributed by atoms with Crippen molar-refractivity contribution < 1.29 is 14.3 Å². The summed E-state index contributed by atoms with van der Waals surface area (Å²) in [6.07, 6.45) is 0. The second kappa shape index (κ2) is 7.46. The van der Waals surface area contributed by atoms with E-state index in [1.54, 1.807) is 36.3 Å². The molecule has 104 valence electrons. The van der Waals surface area contributed by atoms with E-state index in [1.165, 1.54) is 0 Å². The van der Waals surface area contributed by atoms with Crippen LogP contribution < -0.4 is 9.47 Å². The summed E-state index contributed by atoms with van der Waals surface area (Å²) < 4.78 is 10.5. The Balaban J connectivity index is 2.49. The first-order valence-electron chi connectivity index (χ1n) is 6.25. The number of methoxy groups -OCH3 is 1. The summed E-state index contributed by atoms with van der Waals surface area (Å²) in [6.45, 7) is 8.91. The topological polar surface area (TPSA) is 38.8 Å². The average Bonchev–Trinajstić information content (AvgIpc) is 2.42.